The Morgan fingerprint density at radius 2 is 2.27 bits per heavy atom. The molecule has 0 aromatic heterocycles. The third-order valence-corrected chi connectivity index (χ3v) is 2.86. The van der Waals surface area contributed by atoms with Crippen molar-refractivity contribution in [2.75, 3.05) is 5.32 Å². The van der Waals surface area contributed by atoms with E-state index in [1.165, 1.54) is 6.07 Å². The van der Waals surface area contributed by atoms with Crippen molar-refractivity contribution in [1.82, 2.24) is 0 Å². The zero-order valence-electron chi connectivity index (χ0n) is 8.34. The van der Waals surface area contributed by atoms with Gasteiger partial charge in [0.1, 0.15) is 5.82 Å². The molecule has 2 rings (SSSR count). The van der Waals surface area contributed by atoms with Crippen LogP contribution in [0, 0.1) is 5.82 Å². The molecule has 1 N–H and O–H groups in total. The first kappa shape index (κ1) is 10.5. The predicted molar refractivity (Wildman–Crippen MR) is 61.8 cm³/mol. The SMILES string of the molecule is Fc1cccc(Cl)c1NC1C=CCCC1. The predicted octanol–water partition coefficient (Wildman–Crippen LogP) is 4.00. The van der Waals surface area contributed by atoms with E-state index in [1.54, 1.807) is 12.1 Å². The summed E-state index contributed by atoms with van der Waals surface area (Å²) in [6.45, 7) is 0. The molecule has 3 heteroatoms. The lowest BCUT2D eigenvalue weighted by molar-refractivity contribution is 0.620. The largest absolute Gasteiger partial charge is 0.375 e. The molecule has 0 saturated heterocycles. The fourth-order valence-corrected chi connectivity index (χ4v) is 1.97. The molecular formula is C12H13ClFN. The van der Waals surface area contributed by atoms with Crippen molar-refractivity contribution in [2.45, 2.75) is 25.3 Å². The Hall–Kier alpha value is -1.02. The van der Waals surface area contributed by atoms with Crippen LogP contribution in [0.2, 0.25) is 5.02 Å². The highest BCUT2D eigenvalue weighted by atomic mass is 35.5. The van der Waals surface area contributed by atoms with Crippen LogP contribution in [-0.2, 0) is 0 Å². The maximum Gasteiger partial charge on any atom is 0.147 e. The summed E-state index contributed by atoms with van der Waals surface area (Å²) in [6, 6.07) is 4.92. The molecule has 1 aliphatic carbocycles. The molecule has 1 aromatic rings. The molecule has 1 unspecified atom stereocenters. The topological polar surface area (TPSA) is 12.0 Å². The van der Waals surface area contributed by atoms with Gasteiger partial charge in [-0.1, -0.05) is 29.8 Å². The van der Waals surface area contributed by atoms with Crippen molar-refractivity contribution in [2.24, 2.45) is 0 Å². The van der Waals surface area contributed by atoms with E-state index in [1.807, 2.05) is 0 Å². The summed E-state index contributed by atoms with van der Waals surface area (Å²) in [7, 11) is 0. The van der Waals surface area contributed by atoms with Gasteiger partial charge in [0.2, 0.25) is 0 Å². The number of rotatable bonds is 2. The van der Waals surface area contributed by atoms with E-state index in [0.717, 1.165) is 19.3 Å². The van der Waals surface area contributed by atoms with Gasteiger partial charge in [-0.2, -0.15) is 0 Å². The first-order chi connectivity index (χ1) is 7.27. The van der Waals surface area contributed by atoms with Crippen LogP contribution in [0.4, 0.5) is 10.1 Å². The fraction of sp³-hybridized carbons (Fsp3) is 0.333. The van der Waals surface area contributed by atoms with Gasteiger partial charge in [-0.15, -0.1) is 0 Å². The minimum Gasteiger partial charge on any atom is -0.375 e. The summed E-state index contributed by atoms with van der Waals surface area (Å²) in [5.74, 6) is -0.290. The van der Waals surface area contributed by atoms with Crippen LogP contribution in [0.25, 0.3) is 0 Å². The summed E-state index contributed by atoms with van der Waals surface area (Å²) in [6.07, 6.45) is 7.48. The number of benzene rings is 1. The van der Waals surface area contributed by atoms with E-state index in [9.17, 15) is 4.39 Å². The highest BCUT2D eigenvalue weighted by molar-refractivity contribution is 6.33. The highest BCUT2D eigenvalue weighted by Crippen LogP contribution is 2.27. The highest BCUT2D eigenvalue weighted by Gasteiger charge is 2.12. The molecule has 0 amide bonds. The second-order valence-electron chi connectivity index (χ2n) is 3.71. The molecule has 0 spiro atoms. The van der Waals surface area contributed by atoms with Crippen LogP contribution in [0.3, 0.4) is 0 Å². The van der Waals surface area contributed by atoms with Crippen LogP contribution >= 0.6 is 11.6 Å². The lowest BCUT2D eigenvalue weighted by Crippen LogP contribution is -2.19. The van der Waals surface area contributed by atoms with Crippen LogP contribution in [0.1, 0.15) is 19.3 Å². The van der Waals surface area contributed by atoms with Crippen molar-refractivity contribution in [3.05, 3.63) is 41.2 Å². The van der Waals surface area contributed by atoms with Crippen molar-refractivity contribution in [3.63, 3.8) is 0 Å². The number of halogens is 2. The van der Waals surface area contributed by atoms with Crippen molar-refractivity contribution in [3.8, 4) is 0 Å². The van der Waals surface area contributed by atoms with E-state index in [-0.39, 0.29) is 11.9 Å². The molecule has 0 radical (unpaired) electrons. The Kier molecular flexibility index (Phi) is 3.27. The third-order valence-electron chi connectivity index (χ3n) is 2.55. The standard InChI is InChI=1S/C12H13ClFN/c13-10-7-4-8-11(14)12(10)15-9-5-2-1-3-6-9/h2,4-5,7-9,15H,1,3,6H2. The molecule has 1 atom stereocenters. The second kappa shape index (κ2) is 4.67. The average molecular weight is 226 g/mol. The van der Waals surface area contributed by atoms with Gasteiger partial charge in [0.15, 0.2) is 0 Å². The average Bonchev–Trinajstić information content (AvgIpc) is 2.25. The van der Waals surface area contributed by atoms with E-state index in [4.69, 9.17) is 11.6 Å². The molecule has 0 bridgehead atoms. The molecule has 15 heavy (non-hydrogen) atoms. The molecule has 1 aromatic carbocycles. The Morgan fingerprint density at radius 1 is 1.40 bits per heavy atom. The molecule has 80 valence electrons. The summed E-state index contributed by atoms with van der Waals surface area (Å²) in [5, 5.41) is 3.56. The van der Waals surface area contributed by atoms with E-state index in [2.05, 4.69) is 17.5 Å². The molecule has 0 aliphatic heterocycles. The molecule has 0 saturated carbocycles. The minimum atomic E-state index is -0.290. The second-order valence-corrected chi connectivity index (χ2v) is 4.11. The lowest BCUT2D eigenvalue weighted by atomic mass is 10.0. The smallest absolute Gasteiger partial charge is 0.147 e. The Balaban J connectivity index is 2.16. The minimum absolute atomic E-state index is 0.202. The van der Waals surface area contributed by atoms with Gasteiger partial charge in [0, 0.05) is 6.04 Å². The normalized spacial score (nSPS) is 20.3. The van der Waals surface area contributed by atoms with Crippen LogP contribution in [-0.4, -0.2) is 6.04 Å². The Labute approximate surface area is 93.9 Å². The number of anilines is 1. The summed E-state index contributed by atoms with van der Waals surface area (Å²) < 4.78 is 13.4. The van der Waals surface area contributed by atoms with E-state index < -0.39 is 0 Å². The van der Waals surface area contributed by atoms with Gasteiger partial charge < -0.3 is 5.32 Å². The first-order valence-electron chi connectivity index (χ1n) is 5.14. The van der Waals surface area contributed by atoms with Gasteiger partial charge in [-0.25, -0.2) is 4.39 Å². The van der Waals surface area contributed by atoms with Gasteiger partial charge >= 0.3 is 0 Å². The number of hydrogen-bond acceptors (Lipinski definition) is 1. The van der Waals surface area contributed by atoms with Crippen molar-refractivity contribution >= 4 is 17.3 Å². The Morgan fingerprint density at radius 3 is 2.93 bits per heavy atom. The number of para-hydroxylation sites is 1. The fourth-order valence-electron chi connectivity index (χ4n) is 1.75. The maximum absolute atomic E-state index is 13.4. The third kappa shape index (κ3) is 2.51. The summed E-state index contributed by atoms with van der Waals surface area (Å²) >= 11 is 5.92. The van der Waals surface area contributed by atoms with Gasteiger partial charge in [-0.3, -0.25) is 0 Å². The zero-order valence-corrected chi connectivity index (χ0v) is 9.10. The quantitative estimate of drug-likeness (QED) is 0.751. The van der Waals surface area contributed by atoms with Crippen molar-refractivity contribution in [1.29, 1.82) is 0 Å². The van der Waals surface area contributed by atoms with Gasteiger partial charge in [0.25, 0.3) is 0 Å². The number of nitrogens with one attached hydrogen (secondary N) is 1. The van der Waals surface area contributed by atoms with E-state index >= 15 is 0 Å². The zero-order chi connectivity index (χ0) is 10.7. The number of allylic oxidation sites excluding steroid dienone is 1. The molecule has 0 fully saturated rings. The Bertz CT molecular complexity index is 356. The summed E-state index contributed by atoms with van der Waals surface area (Å²) in [5.41, 5.74) is 0.413. The van der Waals surface area contributed by atoms with Crippen LogP contribution < -0.4 is 5.32 Å². The van der Waals surface area contributed by atoms with Crippen molar-refractivity contribution < 1.29 is 4.39 Å². The summed E-state index contributed by atoms with van der Waals surface area (Å²) in [4.78, 5) is 0. The monoisotopic (exact) mass is 225 g/mol. The molecule has 1 aliphatic rings. The first-order valence-corrected chi connectivity index (χ1v) is 5.52. The van der Waals surface area contributed by atoms with Gasteiger partial charge in [0.05, 0.1) is 10.7 Å². The lowest BCUT2D eigenvalue weighted by Gasteiger charge is -2.20. The number of hydrogen-bond donors (Lipinski definition) is 1. The van der Waals surface area contributed by atoms with Crippen LogP contribution in [0.5, 0.6) is 0 Å². The molecule has 0 heterocycles. The molecular weight excluding hydrogens is 213 g/mol. The molecule has 1 nitrogen and oxygen atoms in total. The van der Waals surface area contributed by atoms with E-state index in [0.29, 0.717) is 10.7 Å². The van der Waals surface area contributed by atoms with Crippen LogP contribution in [0.15, 0.2) is 30.4 Å². The van der Waals surface area contributed by atoms with Gasteiger partial charge in [-0.05, 0) is 31.4 Å². The maximum atomic E-state index is 13.4.